The van der Waals surface area contributed by atoms with Crippen molar-refractivity contribution in [3.8, 4) is 17.0 Å². The summed E-state index contributed by atoms with van der Waals surface area (Å²) in [4.78, 5) is 12.3. The fourth-order valence-corrected chi connectivity index (χ4v) is 3.60. The Morgan fingerprint density at radius 1 is 1.17 bits per heavy atom. The Bertz CT molecular complexity index is 1170. The molecule has 2 aromatic heterocycles. The molecule has 0 aliphatic heterocycles. The molecule has 4 aromatic rings. The Morgan fingerprint density at radius 2 is 2.04 bits per heavy atom. The van der Waals surface area contributed by atoms with Crippen LogP contribution in [-0.2, 0) is 12.8 Å². The summed E-state index contributed by atoms with van der Waals surface area (Å²) in [5.41, 5.74) is 5.68. The predicted molar refractivity (Wildman–Crippen MR) is 90.6 cm³/mol. The van der Waals surface area contributed by atoms with Crippen LogP contribution in [0.25, 0.3) is 27.7 Å². The summed E-state index contributed by atoms with van der Waals surface area (Å²) in [6.45, 7) is 0. The molecule has 0 atom stereocenters. The van der Waals surface area contributed by atoms with Gasteiger partial charge in [-0.25, -0.2) is 4.79 Å². The van der Waals surface area contributed by atoms with E-state index in [2.05, 4.69) is 5.10 Å². The van der Waals surface area contributed by atoms with Gasteiger partial charge in [-0.15, -0.1) is 0 Å². The molecule has 0 N–H and O–H groups in total. The third kappa shape index (κ3) is 1.69. The van der Waals surface area contributed by atoms with Crippen molar-refractivity contribution in [2.24, 2.45) is 0 Å². The molecule has 1 aliphatic carbocycles. The molecule has 5 heteroatoms. The summed E-state index contributed by atoms with van der Waals surface area (Å²) in [6.07, 6.45) is 1.74. The topological polar surface area (TPSA) is 56.7 Å². The summed E-state index contributed by atoms with van der Waals surface area (Å²) in [7, 11) is 1.66. The molecule has 0 radical (unpaired) electrons. The van der Waals surface area contributed by atoms with E-state index in [0.717, 1.165) is 46.3 Å². The van der Waals surface area contributed by atoms with Crippen LogP contribution in [0.2, 0.25) is 0 Å². The van der Waals surface area contributed by atoms with Gasteiger partial charge in [-0.1, -0.05) is 12.1 Å². The average molecular weight is 318 g/mol. The number of nitrogens with zero attached hydrogens (tertiary/aromatic N) is 2. The fourth-order valence-electron chi connectivity index (χ4n) is 3.60. The minimum atomic E-state index is -0.451. The van der Waals surface area contributed by atoms with Gasteiger partial charge in [0.2, 0.25) is 0 Å². The van der Waals surface area contributed by atoms with Crippen LogP contribution in [0.15, 0.2) is 51.7 Å². The van der Waals surface area contributed by atoms with Crippen molar-refractivity contribution < 1.29 is 9.15 Å². The van der Waals surface area contributed by atoms with Crippen molar-refractivity contribution in [2.45, 2.75) is 12.8 Å². The summed E-state index contributed by atoms with van der Waals surface area (Å²) >= 11 is 0. The minimum absolute atomic E-state index is 0.451. The third-order valence-electron chi connectivity index (χ3n) is 4.71. The van der Waals surface area contributed by atoms with E-state index in [4.69, 9.17) is 9.15 Å². The van der Waals surface area contributed by atoms with Gasteiger partial charge in [-0.3, -0.25) is 0 Å². The molecule has 118 valence electrons. The van der Waals surface area contributed by atoms with Gasteiger partial charge in [0.05, 0.1) is 18.3 Å². The fraction of sp³-hybridized carbons (Fsp3) is 0.158. The van der Waals surface area contributed by atoms with E-state index in [-0.39, 0.29) is 0 Å². The van der Waals surface area contributed by atoms with Gasteiger partial charge in [-0.05, 0) is 48.7 Å². The van der Waals surface area contributed by atoms with Crippen molar-refractivity contribution in [3.05, 3.63) is 64.1 Å². The van der Waals surface area contributed by atoms with Gasteiger partial charge in [-0.2, -0.15) is 9.61 Å². The van der Waals surface area contributed by atoms with Crippen molar-refractivity contribution in [2.75, 3.05) is 7.11 Å². The van der Waals surface area contributed by atoms with Crippen molar-refractivity contribution in [3.63, 3.8) is 0 Å². The average Bonchev–Trinajstić information content (AvgIpc) is 3.02. The Balaban J connectivity index is 1.90. The number of aromatic nitrogens is 2. The van der Waals surface area contributed by atoms with E-state index in [0.29, 0.717) is 5.58 Å². The smallest absolute Gasteiger partial charge is 0.440 e. The molecule has 0 saturated heterocycles. The van der Waals surface area contributed by atoms with E-state index < -0.39 is 5.76 Å². The summed E-state index contributed by atoms with van der Waals surface area (Å²) in [6, 6.07) is 13.6. The van der Waals surface area contributed by atoms with Gasteiger partial charge in [0, 0.05) is 16.5 Å². The lowest BCUT2D eigenvalue weighted by atomic mass is 9.89. The first-order chi connectivity index (χ1) is 11.8. The summed E-state index contributed by atoms with van der Waals surface area (Å²) in [5, 5.41) is 5.49. The first-order valence-corrected chi connectivity index (χ1v) is 7.87. The zero-order valence-corrected chi connectivity index (χ0v) is 13.1. The number of para-hydroxylation sites is 1. The molecule has 2 heterocycles. The van der Waals surface area contributed by atoms with E-state index in [1.54, 1.807) is 7.11 Å². The first-order valence-electron chi connectivity index (χ1n) is 7.87. The maximum atomic E-state index is 12.3. The lowest BCUT2D eigenvalue weighted by Crippen LogP contribution is -2.12. The number of hydrogen-bond acceptors (Lipinski definition) is 4. The maximum Gasteiger partial charge on any atom is 0.440 e. The first kappa shape index (κ1) is 13.4. The molecule has 0 saturated carbocycles. The molecule has 2 aromatic carbocycles. The van der Waals surface area contributed by atoms with E-state index >= 15 is 0 Å². The number of methoxy groups -OCH3 is 1. The van der Waals surface area contributed by atoms with Crippen LogP contribution in [0.4, 0.5) is 0 Å². The van der Waals surface area contributed by atoms with E-state index in [9.17, 15) is 4.79 Å². The van der Waals surface area contributed by atoms with E-state index in [1.807, 2.05) is 42.5 Å². The van der Waals surface area contributed by atoms with Crippen molar-refractivity contribution in [1.29, 1.82) is 0 Å². The molecule has 0 unspecified atom stereocenters. The second-order valence-corrected chi connectivity index (χ2v) is 5.97. The predicted octanol–water partition coefficient (Wildman–Crippen LogP) is 3.21. The Labute approximate surface area is 137 Å². The van der Waals surface area contributed by atoms with Crippen LogP contribution in [0, 0.1) is 0 Å². The summed E-state index contributed by atoms with van der Waals surface area (Å²) in [5.74, 6) is 0.388. The third-order valence-corrected chi connectivity index (χ3v) is 4.71. The second kappa shape index (κ2) is 4.71. The number of benzene rings is 2. The van der Waals surface area contributed by atoms with Crippen LogP contribution in [0.5, 0.6) is 5.75 Å². The molecule has 0 bridgehead atoms. The van der Waals surface area contributed by atoms with Crippen molar-refractivity contribution in [1.82, 2.24) is 9.61 Å². The molecule has 0 fully saturated rings. The van der Waals surface area contributed by atoms with Gasteiger partial charge in [0.1, 0.15) is 11.3 Å². The van der Waals surface area contributed by atoms with Crippen LogP contribution in [0.1, 0.15) is 11.1 Å². The number of rotatable bonds is 1. The SMILES string of the molecule is COc1ccc2c(c1)CCc1c-2nn2c(=O)oc3ccccc3c12. The van der Waals surface area contributed by atoms with E-state index in [1.165, 1.54) is 10.1 Å². The zero-order valence-electron chi connectivity index (χ0n) is 13.1. The highest BCUT2D eigenvalue weighted by Gasteiger charge is 2.25. The van der Waals surface area contributed by atoms with Crippen LogP contribution in [0.3, 0.4) is 0 Å². The van der Waals surface area contributed by atoms with Gasteiger partial charge < -0.3 is 9.15 Å². The number of fused-ring (bicyclic) bond motifs is 7. The van der Waals surface area contributed by atoms with Crippen LogP contribution in [-0.4, -0.2) is 16.7 Å². The van der Waals surface area contributed by atoms with Crippen LogP contribution < -0.4 is 10.5 Å². The number of hydrogen-bond donors (Lipinski definition) is 0. The highest BCUT2D eigenvalue weighted by Crippen LogP contribution is 2.37. The van der Waals surface area contributed by atoms with Crippen LogP contribution >= 0.6 is 0 Å². The lowest BCUT2D eigenvalue weighted by Gasteiger charge is -2.16. The largest absolute Gasteiger partial charge is 0.497 e. The molecule has 0 spiro atoms. The van der Waals surface area contributed by atoms with Gasteiger partial charge in [0.25, 0.3) is 0 Å². The Hall–Kier alpha value is -3.08. The Kier molecular flexibility index (Phi) is 2.62. The highest BCUT2D eigenvalue weighted by molar-refractivity contribution is 5.96. The minimum Gasteiger partial charge on any atom is -0.497 e. The maximum absolute atomic E-state index is 12.3. The highest BCUT2D eigenvalue weighted by atomic mass is 16.5. The number of ether oxygens (including phenoxy) is 1. The van der Waals surface area contributed by atoms with Gasteiger partial charge >= 0.3 is 5.76 Å². The quantitative estimate of drug-likeness (QED) is 0.541. The van der Waals surface area contributed by atoms with Crippen molar-refractivity contribution >= 4 is 16.5 Å². The monoisotopic (exact) mass is 318 g/mol. The molecular weight excluding hydrogens is 304 g/mol. The Morgan fingerprint density at radius 3 is 2.92 bits per heavy atom. The molecule has 0 amide bonds. The normalized spacial score (nSPS) is 13.0. The lowest BCUT2D eigenvalue weighted by molar-refractivity contribution is 0.414. The molecule has 24 heavy (non-hydrogen) atoms. The second-order valence-electron chi connectivity index (χ2n) is 5.97. The number of aryl methyl sites for hydroxylation is 2. The standard InChI is InChI=1S/C19H14N2O3/c1-23-12-7-9-13-11(10-12)6-8-15-17(13)20-21-18(15)14-4-2-3-5-16(14)24-19(21)22/h2-5,7,9-10H,6,8H2,1H3. The molecule has 5 nitrogen and oxygen atoms in total. The zero-order chi connectivity index (χ0) is 16.3. The molecule has 5 rings (SSSR count). The van der Waals surface area contributed by atoms with Gasteiger partial charge in [0.15, 0.2) is 0 Å². The molecule has 1 aliphatic rings. The molecular formula is C19H14N2O3. The summed E-state index contributed by atoms with van der Waals surface area (Å²) < 4.78 is 12.1.